The van der Waals surface area contributed by atoms with E-state index in [1.165, 1.54) is 0 Å². The minimum absolute atomic E-state index is 0.135. The fourth-order valence-electron chi connectivity index (χ4n) is 4.96. The van der Waals surface area contributed by atoms with Gasteiger partial charge < -0.3 is 20.6 Å². The third kappa shape index (κ3) is 6.56. The quantitative estimate of drug-likeness (QED) is 0.496. The van der Waals surface area contributed by atoms with Crippen molar-refractivity contribution in [1.82, 2.24) is 10.2 Å². The molecule has 2 aliphatic heterocycles. The summed E-state index contributed by atoms with van der Waals surface area (Å²) >= 11 is 0. The van der Waals surface area contributed by atoms with Crippen LogP contribution >= 0.6 is 0 Å². The van der Waals surface area contributed by atoms with Crippen LogP contribution in [0, 0.1) is 5.92 Å². The number of para-hydroxylation sites is 1. The molecule has 2 unspecified atom stereocenters. The van der Waals surface area contributed by atoms with E-state index in [0.29, 0.717) is 12.2 Å². The first kappa shape index (κ1) is 26.8. The Labute approximate surface area is 219 Å². The third-order valence-corrected chi connectivity index (χ3v) is 7.18. The average molecular weight is 506 g/mol. The topological polar surface area (TPSA) is 97.3 Å². The number of carbonyl (C=O) groups is 2. The minimum atomic E-state index is -1.01. The van der Waals surface area contributed by atoms with Crippen molar-refractivity contribution in [3.63, 3.8) is 0 Å². The first-order valence-corrected chi connectivity index (χ1v) is 13.4. The summed E-state index contributed by atoms with van der Waals surface area (Å²) in [5.74, 6) is -0.0979. The second-order valence-electron chi connectivity index (χ2n) is 10.0. The van der Waals surface area contributed by atoms with Gasteiger partial charge in [0.25, 0.3) is 5.91 Å². The summed E-state index contributed by atoms with van der Waals surface area (Å²) in [5, 5.41) is 15.5. The molecule has 2 aromatic rings. The summed E-state index contributed by atoms with van der Waals surface area (Å²) in [6.45, 7) is 9.26. The fraction of sp³-hybridized carbons (Fsp3) is 0.483. The number of amides is 3. The van der Waals surface area contributed by atoms with Crippen molar-refractivity contribution in [2.45, 2.75) is 65.3 Å². The molecule has 37 heavy (non-hydrogen) atoms. The van der Waals surface area contributed by atoms with Crippen LogP contribution in [0.25, 0.3) is 0 Å². The van der Waals surface area contributed by atoms with Gasteiger partial charge in [-0.25, -0.2) is 4.79 Å². The lowest BCUT2D eigenvalue weighted by atomic mass is 9.94. The number of aliphatic hydroxyl groups excluding tert-OH is 1. The van der Waals surface area contributed by atoms with Crippen molar-refractivity contribution >= 4 is 29.0 Å². The Kier molecular flexibility index (Phi) is 8.95. The first-order valence-electron chi connectivity index (χ1n) is 13.4. The van der Waals surface area contributed by atoms with E-state index in [9.17, 15) is 14.7 Å². The molecular formula is C29H39N5O3. The van der Waals surface area contributed by atoms with E-state index >= 15 is 0 Å². The van der Waals surface area contributed by atoms with Crippen LogP contribution in [-0.2, 0) is 11.3 Å². The monoisotopic (exact) mass is 505 g/mol. The van der Waals surface area contributed by atoms with Gasteiger partial charge in [-0.3, -0.25) is 14.7 Å². The Balaban J connectivity index is 1.50. The van der Waals surface area contributed by atoms with E-state index in [-0.39, 0.29) is 17.9 Å². The van der Waals surface area contributed by atoms with Gasteiger partial charge in [0.05, 0.1) is 17.5 Å². The number of piperidine rings is 1. The Morgan fingerprint density at radius 1 is 1.14 bits per heavy atom. The number of likely N-dealkylation sites (tertiary alicyclic amines) is 1. The Bertz CT molecular complexity index is 1130. The van der Waals surface area contributed by atoms with E-state index in [4.69, 9.17) is 4.99 Å². The lowest BCUT2D eigenvalue weighted by Gasteiger charge is -2.29. The maximum absolute atomic E-state index is 13.6. The standard InChI is InChI=1S/C29H39N5O3/c1-4-15-34-25-12-7-6-11-24(25)26(20(3)5-2)31-27(28(34)36)32-29(37)30-22-10-8-9-21(18-22)19-33-16-13-23(35)14-17-33/h6-12,18,20,23,27,35H,4-5,13-17,19H2,1-3H3,(H2,30,32,37). The summed E-state index contributed by atoms with van der Waals surface area (Å²) in [6, 6.07) is 15.1. The number of aliphatic imine (C=N–C) groups is 1. The van der Waals surface area contributed by atoms with Crippen LogP contribution < -0.4 is 15.5 Å². The highest BCUT2D eigenvalue weighted by Gasteiger charge is 2.33. The molecule has 0 aliphatic carbocycles. The highest BCUT2D eigenvalue weighted by atomic mass is 16.3. The van der Waals surface area contributed by atoms with Crippen LogP contribution in [0.15, 0.2) is 53.5 Å². The summed E-state index contributed by atoms with van der Waals surface area (Å²) in [6.07, 6.45) is 2.02. The predicted octanol–water partition coefficient (Wildman–Crippen LogP) is 4.38. The number of urea groups is 1. The van der Waals surface area contributed by atoms with Gasteiger partial charge in [0.15, 0.2) is 0 Å². The second-order valence-corrected chi connectivity index (χ2v) is 10.0. The number of benzodiazepines with no additional fused rings is 1. The lowest BCUT2D eigenvalue weighted by molar-refractivity contribution is -0.120. The van der Waals surface area contributed by atoms with E-state index in [1.807, 2.05) is 55.5 Å². The molecule has 1 fully saturated rings. The molecule has 198 valence electrons. The molecule has 0 radical (unpaired) electrons. The normalized spacial score (nSPS) is 19.6. The summed E-state index contributed by atoms with van der Waals surface area (Å²) in [4.78, 5) is 35.5. The molecule has 3 N–H and O–H groups in total. The van der Waals surface area contributed by atoms with Gasteiger partial charge in [0.1, 0.15) is 0 Å². The Hall–Kier alpha value is -3.23. The predicted molar refractivity (Wildman–Crippen MR) is 148 cm³/mol. The maximum Gasteiger partial charge on any atom is 0.321 e. The van der Waals surface area contributed by atoms with Crippen molar-refractivity contribution in [2.75, 3.05) is 29.9 Å². The number of nitrogens with zero attached hydrogens (tertiary/aromatic N) is 3. The molecule has 0 bridgehead atoms. The summed E-state index contributed by atoms with van der Waals surface area (Å²) in [5.41, 5.74) is 4.37. The molecule has 3 amide bonds. The van der Waals surface area contributed by atoms with E-state index in [0.717, 1.165) is 67.8 Å². The van der Waals surface area contributed by atoms with E-state index in [1.54, 1.807) is 4.90 Å². The van der Waals surface area contributed by atoms with Gasteiger partial charge in [-0.05, 0) is 55.4 Å². The SMILES string of the molecule is CCCN1C(=O)C(NC(=O)Nc2cccc(CN3CCC(O)CC3)c2)N=C(C(C)CC)c2ccccc21. The van der Waals surface area contributed by atoms with E-state index < -0.39 is 12.2 Å². The van der Waals surface area contributed by atoms with Gasteiger partial charge >= 0.3 is 6.03 Å². The molecule has 0 spiro atoms. The van der Waals surface area contributed by atoms with Crippen molar-refractivity contribution in [3.05, 3.63) is 59.7 Å². The molecule has 1 saturated heterocycles. The van der Waals surface area contributed by atoms with Crippen LogP contribution in [0.5, 0.6) is 0 Å². The molecule has 4 rings (SSSR count). The van der Waals surface area contributed by atoms with Crippen molar-refractivity contribution in [3.8, 4) is 0 Å². The largest absolute Gasteiger partial charge is 0.393 e. The number of nitrogens with one attached hydrogen (secondary N) is 2. The number of aliphatic hydroxyl groups is 1. The smallest absolute Gasteiger partial charge is 0.321 e. The molecular weight excluding hydrogens is 466 g/mol. The van der Waals surface area contributed by atoms with Crippen LogP contribution in [0.4, 0.5) is 16.2 Å². The first-order chi connectivity index (χ1) is 17.9. The Morgan fingerprint density at radius 2 is 1.89 bits per heavy atom. The van der Waals surface area contributed by atoms with Crippen molar-refractivity contribution < 1.29 is 14.7 Å². The minimum Gasteiger partial charge on any atom is -0.393 e. The van der Waals surface area contributed by atoms with Gasteiger partial charge in [0.2, 0.25) is 6.17 Å². The highest BCUT2D eigenvalue weighted by Crippen LogP contribution is 2.29. The molecule has 2 aliphatic rings. The van der Waals surface area contributed by atoms with Crippen LogP contribution in [0.1, 0.15) is 57.6 Å². The molecule has 0 saturated carbocycles. The average Bonchev–Trinajstić information content (AvgIpc) is 3.01. The number of anilines is 2. The van der Waals surface area contributed by atoms with Gasteiger partial charge in [-0.2, -0.15) is 0 Å². The molecule has 8 nitrogen and oxygen atoms in total. The number of hydrogen-bond acceptors (Lipinski definition) is 5. The van der Waals surface area contributed by atoms with E-state index in [2.05, 4.69) is 29.4 Å². The number of hydrogen-bond donors (Lipinski definition) is 3. The Morgan fingerprint density at radius 3 is 2.62 bits per heavy atom. The zero-order valence-electron chi connectivity index (χ0n) is 22.1. The summed E-state index contributed by atoms with van der Waals surface area (Å²) < 4.78 is 0. The van der Waals surface area contributed by atoms with Crippen LogP contribution in [0.2, 0.25) is 0 Å². The second kappa shape index (κ2) is 12.3. The van der Waals surface area contributed by atoms with Gasteiger partial charge in [0, 0.05) is 37.4 Å². The van der Waals surface area contributed by atoms with Crippen LogP contribution in [-0.4, -0.2) is 59.6 Å². The molecule has 0 aromatic heterocycles. The zero-order chi connectivity index (χ0) is 26.4. The van der Waals surface area contributed by atoms with Crippen molar-refractivity contribution in [1.29, 1.82) is 0 Å². The highest BCUT2D eigenvalue weighted by molar-refractivity contribution is 6.14. The molecule has 8 heteroatoms. The number of rotatable bonds is 8. The number of benzene rings is 2. The van der Waals surface area contributed by atoms with Crippen molar-refractivity contribution in [2.24, 2.45) is 10.9 Å². The third-order valence-electron chi connectivity index (χ3n) is 7.18. The van der Waals surface area contributed by atoms with Gasteiger partial charge in [-0.1, -0.05) is 51.1 Å². The van der Waals surface area contributed by atoms with Gasteiger partial charge in [-0.15, -0.1) is 0 Å². The molecule has 2 heterocycles. The lowest BCUT2D eigenvalue weighted by Crippen LogP contribution is -2.48. The number of carbonyl (C=O) groups excluding carboxylic acids is 2. The van der Waals surface area contributed by atoms with Crippen LogP contribution in [0.3, 0.4) is 0 Å². The summed E-state index contributed by atoms with van der Waals surface area (Å²) in [7, 11) is 0. The molecule has 2 aromatic carbocycles. The zero-order valence-corrected chi connectivity index (χ0v) is 22.1. The fourth-order valence-corrected chi connectivity index (χ4v) is 4.96. The number of fused-ring (bicyclic) bond motifs is 1. The maximum atomic E-state index is 13.6. The molecule has 2 atom stereocenters.